The summed E-state index contributed by atoms with van der Waals surface area (Å²) in [4.78, 5) is 4.67. The summed E-state index contributed by atoms with van der Waals surface area (Å²) in [5.74, 6) is 2.48. The molecule has 0 aliphatic carbocycles. The standard InChI is InChI=1S/C20H35N3O3.HI/c1-8-21-19(23-14-18(26-7)20(2,3)4)22-12-11-15-13-16(24-5)9-10-17(15)25-6;/h9-10,13,18H,8,11-12,14H2,1-7H3,(H2,21,22,23);1H. The van der Waals surface area contributed by atoms with Gasteiger partial charge in [0, 0.05) is 20.2 Å². The van der Waals surface area contributed by atoms with Crippen LogP contribution >= 0.6 is 24.0 Å². The van der Waals surface area contributed by atoms with E-state index in [9.17, 15) is 0 Å². The molecule has 0 bridgehead atoms. The van der Waals surface area contributed by atoms with Gasteiger partial charge in [0.1, 0.15) is 11.5 Å². The molecule has 1 rings (SSSR count). The third kappa shape index (κ3) is 9.01. The summed E-state index contributed by atoms with van der Waals surface area (Å²) >= 11 is 0. The van der Waals surface area contributed by atoms with E-state index in [2.05, 4.69) is 43.3 Å². The van der Waals surface area contributed by atoms with Crippen molar-refractivity contribution < 1.29 is 14.2 Å². The lowest BCUT2D eigenvalue weighted by molar-refractivity contribution is 0.0241. The first-order valence-electron chi connectivity index (χ1n) is 9.11. The Balaban J connectivity index is 0.00000676. The van der Waals surface area contributed by atoms with Crippen molar-refractivity contribution >= 4 is 29.9 Å². The number of nitrogens with zero attached hydrogens (tertiary/aromatic N) is 1. The first-order chi connectivity index (χ1) is 12.3. The van der Waals surface area contributed by atoms with Gasteiger partial charge in [-0.3, -0.25) is 4.99 Å². The van der Waals surface area contributed by atoms with Crippen molar-refractivity contribution in [1.29, 1.82) is 0 Å². The molecule has 0 heterocycles. The van der Waals surface area contributed by atoms with E-state index in [-0.39, 0.29) is 35.5 Å². The van der Waals surface area contributed by atoms with Crippen LogP contribution in [0.4, 0.5) is 0 Å². The highest BCUT2D eigenvalue weighted by Gasteiger charge is 2.24. The number of hydrogen-bond donors (Lipinski definition) is 2. The Labute approximate surface area is 181 Å². The minimum atomic E-state index is 0. The van der Waals surface area contributed by atoms with E-state index in [1.165, 1.54) is 0 Å². The van der Waals surface area contributed by atoms with Crippen molar-refractivity contribution in [2.24, 2.45) is 10.4 Å². The van der Waals surface area contributed by atoms with Crippen LogP contribution in [0.5, 0.6) is 11.5 Å². The highest BCUT2D eigenvalue weighted by molar-refractivity contribution is 14.0. The van der Waals surface area contributed by atoms with Crippen LogP contribution in [0.2, 0.25) is 0 Å². The fourth-order valence-corrected chi connectivity index (χ4v) is 2.61. The molecule has 1 atom stereocenters. The van der Waals surface area contributed by atoms with Gasteiger partial charge < -0.3 is 24.8 Å². The maximum atomic E-state index is 5.58. The molecular weight excluding hydrogens is 457 g/mol. The fourth-order valence-electron chi connectivity index (χ4n) is 2.61. The zero-order chi connectivity index (χ0) is 19.6. The lowest BCUT2D eigenvalue weighted by Crippen LogP contribution is -2.40. The molecule has 0 saturated carbocycles. The van der Waals surface area contributed by atoms with E-state index in [1.54, 1.807) is 21.3 Å². The highest BCUT2D eigenvalue weighted by atomic mass is 127. The minimum absolute atomic E-state index is 0. The molecule has 6 nitrogen and oxygen atoms in total. The van der Waals surface area contributed by atoms with Gasteiger partial charge in [0.2, 0.25) is 0 Å². The van der Waals surface area contributed by atoms with E-state index >= 15 is 0 Å². The van der Waals surface area contributed by atoms with Crippen molar-refractivity contribution in [2.45, 2.75) is 40.2 Å². The van der Waals surface area contributed by atoms with Crippen LogP contribution in [-0.2, 0) is 11.2 Å². The molecule has 0 aliphatic rings. The van der Waals surface area contributed by atoms with Gasteiger partial charge in [0.05, 0.1) is 26.9 Å². The Hall–Kier alpha value is -1.22. The van der Waals surface area contributed by atoms with Crippen LogP contribution in [0, 0.1) is 5.41 Å². The van der Waals surface area contributed by atoms with Crippen molar-refractivity contribution in [3.8, 4) is 11.5 Å². The first kappa shape index (κ1) is 25.8. The van der Waals surface area contributed by atoms with Crippen LogP contribution in [-0.4, -0.2) is 53.0 Å². The van der Waals surface area contributed by atoms with Gasteiger partial charge in [0.15, 0.2) is 5.96 Å². The molecule has 2 N–H and O–H groups in total. The van der Waals surface area contributed by atoms with E-state index < -0.39 is 0 Å². The van der Waals surface area contributed by atoms with Crippen LogP contribution < -0.4 is 20.1 Å². The lowest BCUT2D eigenvalue weighted by Gasteiger charge is -2.28. The van der Waals surface area contributed by atoms with Gasteiger partial charge in [-0.05, 0) is 42.5 Å². The molecule has 0 radical (unpaired) electrons. The smallest absolute Gasteiger partial charge is 0.191 e. The predicted octanol–water partition coefficient (Wildman–Crippen LogP) is 3.48. The second kappa shape index (κ2) is 13.0. The van der Waals surface area contributed by atoms with Crippen molar-refractivity contribution in [1.82, 2.24) is 10.6 Å². The number of ether oxygens (including phenoxy) is 3. The molecule has 156 valence electrons. The summed E-state index contributed by atoms with van der Waals surface area (Å²) in [5, 5.41) is 6.65. The normalized spacial score (nSPS) is 12.8. The Morgan fingerprint density at radius 1 is 1.11 bits per heavy atom. The third-order valence-electron chi connectivity index (χ3n) is 4.18. The van der Waals surface area contributed by atoms with Crippen LogP contribution in [0.3, 0.4) is 0 Å². The Bertz CT molecular complexity index is 574. The predicted molar refractivity (Wildman–Crippen MR) is 123 cm³/mol. The molecule has 0 spiro atoms. The monoisotopic (exact) mass is 493 g/mol. The third-order valence-corrected chi connectivity index (χ3v) is 4.18. The lowest BCUT2D eigenvalue weighted by atomic mass is 9.89. The van der Waals surface area contributed by atoms with Crippen molar-refractivity contribution in [3.05, 3.63) is 23.8 Å². The molecule has 0 amide bonds. The minimum Gasteiger partial charge on any atom is -0.497 e. The molecule has 0 aliphatic heterocycles. The van der Waals surface area contributed by atoms with Crippen LogP contribution in [0.1, 0.15) is 33.3 Å². The van der Waals surface area contributed by atoms with Gasteiger partial charge in [0.25, 0.3) is 0 Å². The molecule has 0 fully saturated rings. The molecule has 1 unspecified atom stereocenters. The first-order valence-corrected chi connectivity index (χ1v) is 9.11. The summed E-state index contributed by atoms with van der Waals surface area (Å²) in [6.07, 6.45) is 0.869. The number of guanidine groups is 1. The number of benzene rings is 1. The number of rotatable bonds is 9. The van der Waals surface area contributed by atoms with Gasteiger partial charge in [-0.2, -0.15) is 0 Å². The summed E-state index contributed by atoms with van der Waals surface area (Å²) in [6.45, 7) is 10.7. The maximum Gasteiger partial charge on any atom is 0.191 e. The quantitative estimate of drug-likeness (QED) is 0.314. The number of methoxy groups -OCH3 is 3. The van der Waals surface area contributed by atoms with Gasteiger partial charge in [-0.25, -0.2) is 0 Å². The van der Waals surface area contributed by atoms with E-state index in [4.69, 9.17) is 14.2 Å². The average Bonchev–Trinajstić information content (AvgIpc) is 2.60. The molecule has 0 saturated heterocycles. The SMILES string of the molecule is CCNC(=NCC(OC)C(C)(C)C)NCCc1cc(OC)ccc1OC.I. The van der Waals surface area contributed by atoms with E-state index in [1.807, 2.05) is 18.2 Å². The largest absolute Gasteiger partial charge is 0.497 e. The molecular formula is C20H36IN3O3. The topological polar surface area (TPSA) is 64.1 Å². The number of hydrogen-bond acceptors (Lipinski definition) is 4. The number of halogens is 1. The van der Waals surface area contributed by atoms with Gasteiger partial charge >= 0.3 is 0 Å². The fraction of sp³-hybridized carbons (Fsp3) is 0.650. The van der Waals surface area contributed by atoms with E-state index in [0.717, 1.165) is 42.5 Å². The maximum absolute atomic E-state index is 5.58. The van der Waals surface area contributed by atoms with Gasteiger partial charge in [-0.1, -0.05) is 20.8 Å². The zero-order valence-corrected chi connectivity index (χ0v) is 20.0. The second-order valence-electron chi connectivity index (χ2n) is 7.16. The summed E-state index contributed by atoms with van der Waals surface area (Å²) in [5.41, 5.74) is 1.14. The summed E-state index contributed by atoms with van der Waals surface area (Å²) < 4.78 is 16.3. The Kier molecular flexibility index (Phi) is 12.5. The molecule has 1 aromatic carbocycles. The van der Waals surface area contributed by atoms with Crippen LogP contribution in [0.25, 0.3) is 0 Å². The van der Waals surface area contributed by atoms with Crippen molar-refractivity contribution in [3.63, 3.8) is 0 Å². The molecule has 0 aromatic heterocycles. The number of nitrogens with one attached hydrogen (secondary N) is 2. The zero-order valence-electron chi connectivity index (χ0n) is 17.7. The summed E-state index contributed by atoms with van der Waals surface area (Å²) in [6, 6.07) is 5.84. The Morgan fingerprint density at radius 2 is 1.81 bits per heavy atom. The van der Waals surface area contributed by atoms with E-state index in [0.29, 0.717) is 6.54 Å². The van der Waals surface area contributed by atoms with Crippen LogP contribution in [0.15, 0.2) is 23.2 Å². The number of aliphatic imine (C=N–C) groups is 1. The summed E-state index contributed by atoms with van der Waals surface area (Å²) in [7, 11) is 5.09. The van der Waals surface area contributed by atoms with Gasteiger partial charge in [-0.15, -0.1) is 24.0 Å². The molecule has 7 heteroatoms. The average molecular weight is 493 g/mol. The molecule has 1 aromatic rings. The highest BCUT2D eigenvalue weighted by Crippen LogP contribution is 2.24. The van der Waals surface area contributed by atoms with Crippen molar-refractivity contribution in [2.75, 3.05) is 41.0 Å². The second-order valence-corrected chi connectivity index (χ2v) is 7.16. The Morgan fingerprint density at radius 3 is 2.33 bits per heavy atom. The molecule has 27 heavy (non-hydrogen) atoms.